The predicted octanol–water partition coefficient (Wildman–Crippen LogP) is 2.14. The summed E-state index contributed by atoms with van der Waals surface area (Å²) in [5, 5.41) is 8.17. The van der Waals surface area contributed by atoms with E-state index in [1.807, 2.05) is 22.6 Å². The molecule has 2 aliphatic rings. The lowest BCUT2D eigenvalue weighted by Crippen LogP contribution is -2.49. The summed E-state index contributed by atoms with van der Waals surface area (Å²) in [6.45, 7) is 2.39. The molecule has 0 spiro atoms. The number of carbonyl (C=O) groups excluding carboxylic acids is 2. The van der Waals surface area contributed by atoms with Crippen LogP contribution in [0.4, 0.5) is 4.39 Å². The molecule has 2 saturated heterocycles. The van der Waals surface area contributed by atoms with E-state index in [1.54, 1.807) is 17.3 Å². The van der Waals surface area contributed by atoms with Crippen molar-refractivity contribution in [1.82, 2.24) is 24.6 Å². The van der Waals surface area contributed by atoms with E-state index in [0.717, 1.165) is 24.2 Å². The zero-order valence-electron chi connectivity index (χ0n) is 17.3. The topological polar surface area (TPSA) is 71.3 Å². The van der Waals surface area contributed by atoms with Crippen molar-refractivity contribution in [1.29, 1.82) is 0 Å². The molecule has 0 saturated carbocycles. The van der Waals surface area contributed by atoms with Crippen LogP contribution < -0.4 is 0 Å². The molecule has 3 heterocycles. The third kappa shape index (κ3) is 4.52. The third-order valence-corrected chi connectivity index (χ3v) is 6.33. The highest BCUT2D eigenvalue weighted by Gasteiger charge is 2.34. The van der Waals surface area contributed by atoms with Crippen molar-refractivity contribution in [2.45, 2.75) is 38.0 Å². The van der Waals surface area contributed by atoms with Crippen LogP contribution in [-0.2, 0) is 23.1 Å². The van der Waals surface area contributed by atoms with Crippen LogP contribution in [0, 0.1) is 11.7 Å². The van der Waals surface area contributed by atoms with Crippen molar-refractivity contribution in [2.24, 2.45) is 13.0 Å². The normalized spacial score (nSPS) is 20.6. The molecular formula is C22H28FN5O2. The summed E-state index contributed by atoms with van der Waals surface area (Å²) in [6.07, 6.45) is 5.07. The van der Waals surface area contributed by atoms with Gasteiger partial charge in [0.2, 0.25) is 11.8 Å². The molecule has 2 amide bonds. The van der Waals surface area contributed by atoms with Gasteiger partial charge >= 0.3 is 0 Å². The number of piperidine rings is 2. The number of aryl methyl sites for hydroxylation is 1. The Morgan fingerprint density at radius 1 is 1.23 bits per heavy atom. The number of aromatic nitrogens is 3. The molecule has 1 aromatic heterocycles. The summed E-state index contributed by atoms with van der Waals surface area (Å²) in [5.41, 5.74) is 0.863. The predicted molar refractivity (Wildman–Crippen MR) is 109 cm³/mol. The summed E-state index contributed by atoms with van der Waals surface area (Å²) >= 11 is 0. The molecule has 30 heavy (non-hydrogen) atoms. The average Bonchev–Trinajstić information content (AvgIpc) is 3.19. The van der Waals surface area contributed by atoms with E-state index in [1.165, 1.54) is 12.1 Å². The van der Waals surface area contributed by atoms with Crippen molar-refractivity contribution in [3.05, 3.63) is 47.8 Å². The van der Waals surface area contributed by atoms with Crippen LogP contribution in [0.25, 0.3) is 0 Å². The first-order valence-electron chi connectivity index (χ1n) is 10.7. The van der Waals surface area contributed by atoms with Gasteiger partial charge in [0.05, 0.1) is 5.92 Å². The van der Waals surface area contributed by atoms with Gasteiger partial charge in [-0.05, 0) is 43.4 Å². The summed E-state index contributed by atoms with van der Waals surface area (Å²) in [4.78, 5) is 29.1. The van der Waals surface area contributed by atoms with Crippen LogP contribution in [0.3, 0.4) is 0 Å². The second kappa shape index (κ2) is 8.93. The van der Waals surface area contributed by atoms with Crippen LogP contribution in [0.1, 0.15) is 43.0 Å². The molecule has 0 radical (unpaired) electrons. The first-order chi connectivity index (χ1) is 14.5. The number of nitrogens with zero attached hydrogens (tertiary/aromatic N) is 5. The zero-order chi connectivity index (χ0) is 21.1. The average molecular weight is 413 g/mol. The first kappa shape index (κ1) is 20.5. The Morgan fingerprint density at radius 2 is 2.03 bits per heavy atom. The largest absolute Gasteiger partial charge is 0.342 e. The highest BCUT2D eigenvalue weighted by atomic mass is 19.1. The Morgan fingerprint density at radius 3 is 2.73 bits per heavy atom. The van der Waals surface area contributed by atoms with Crippen LogP contribution in [0.5, 0.6) is 0 Å². The van der Waals surface area contributed by atoms with E-state index >= 15 is 0 Å². The molecule has 0 aliphatic carbocycles. The van der Waals surface area contributed by atoms with Gasteiger partial charge in [-0.2, -0.15) is 0 Å². The van der Waals surface area contributed by atoms with Crippen LogP contribution in [-0.4, -0.2) is 62.6 Å². The standard InChI is InChI=1S/C22H28FN5O2/c1-26-15-24-25-21(26)17-8-11-27(12-9-17)22(30)18-5-6-20(29)28(14-18)10-7-16-3-2-4-19(23)13-16/h2-4,13,15,17-18H,5-12,14H2,1H3/t18-/m1/s1. The molecule has 0 unspecified atom stereocenters. The Hall–Kier alpha value is -2.77. The minimum atomic E-state index is -0.268. The van der Waals surface area contributed by atoms with E-state index < -0.39 is 0 Å². The summed E-state index contributed by atoms with van der Waals surface area (Å²) in [6, 6.07) is 6.46. The fourth-order valence-corrected chi connectivity index (χ4v) is 4.57. The molecule has 0 N–H and O–H groups in total. The van der Waals surface area contributed by atoms with Gasteiger partial charge in [-0.25, -0.2) is 4.39 Å². The van der Waals surface area contributed by atoms with Crippen molar-refractivity contribution < 1.29 is 14.0 Å². The molecule has 8 heteroatoms. The van der Waals surface area contributed by atoms with Gasteiger partial charge in [-0.15, -0.1) is 10.2 Å². The lowest BCUT2D eigenvalue weighted by molar-refractivity contribution is -0.143. The van der Waals surface area contributed by atoms with E-state index in [9.17, 15) is 14.0 Å². The Kier molecular flexibility index (Phi) is 6.11. The molecule has 0 bridgehead atoms. The molecule has 160 valence electrons. The monoisotopic (exact) mass is 413 g/mol. The number of likely N-dealkylation sites (tertiary alicyclic amines) is 2. The van der Waals surface area contributed by atoms with Crippen LogP contribution in [0.2, 0.25) is 0 Å². The fourth-order valence-electron chi connectivity index (χ4n) is 4.57. The van der Waals surface area contributed by atoms with Gasteiger partial charge < -0.3 is 14.4 Å². The number of carbonyl (C=O) groups is 2. The lowest BCUT2D eigenvalue weighted by Gasteiger charge is -2.37. The van der Waals surface area contributed by atoms with Crippen molar-refractivity contribution in [2.75, 3.05) is 26.2 Å². The molecule has 2 aromatic rings. The highest BCUT2D eigenvalue weighted by molar-refractivity contribution is 5.84. The maximum absolute atomic E-state index is 13.4. The van der Waals surface area contributed by atoms with E-state index in [0.29, 0.717) is 51.4 Å². The van der Waals surface area contributed by atoms with Gasteiger partial charge in [0, 0.05) is 45.6 Å². The van der Waals surface area contributed by atoms with E-state index in [4.69, 9.17) is 0 Å². The van der Waals surface area contributed by atoms with Gasteiger partial charge in [-0.3, -0.25) is 9.59 Å². The fraction of sp³-hybridized carbons (Fsp3) is 0.545. The molecule has 7 nitrogen and oxygen atoms in total. The number of benzene rings is 1. The quantitative estimate of drug-likeness (QED) is 0.753. The van der Waals surface area contributed by atoms with Crippen molar-refractivity contribution >= 4 is 11.8 Å². The molecule has 2 aliphatic heterocycles. The summed E-state index contributed by atoms with van der Waals surface area (Å²) in [7, 11) is 1.95. The highest BCUT2D eigenvalue weighted by Crippen LogP contribution is 2.28. The molecule has 1 aromatic carbocycles. The van der Waals surface area contributed by atoms with E-state index in [-0.39, 0.29) is 23.5 Å². The maximum Gasteiger partial charge on any atom is 0.227 e. The summed E-state index contributed by atoms with van der Waals surface area (Å²) < 4.78 is 15.3. The number of rotatable bonds is 5. The maximum atomic E-state index is 13.4. The number of halogens is 1. The SMILES string of the molecule is Cn1cnnc1C1CCN(C(=O)[C@@H]2CCC(=O)N(CCc3cccc(F)c3)C2)CC1. The molecule has 2 fully saturated rings. The lowest BCUT2D eigenvalue weighted by atomic mass is 9.92. The van der Waals surface area contributed by atoms with Gasteiger partial charge in [0.15, 0.2) is 0 Å². The minimum Gasteiger partial charge on any atom is -0.342 e. The Bertz CT molecular complexity index is 906. The van der Waals surface area contributed by atoms with Gasteiger partial charge in [0.25, 0.3) is 0 Å². The van der Waals surface area contributed by atoms with Gasteiger partial charge in [0.1, 0.15) is 18.0 Å². The van der Waals surface area contributed by atoms with Gasteiger partial charge in [-0.1, -0.05) is 12.1 Å². The smallest absolute Gasteiger partial charge is 0.227 e. The number of hydrogen-bond donors (Lipinski definition) is 0. The molecular weight excluding hydrogens is 385 g/mol. The van der Waals surface area contributed by atoms with Crippen LogP contribution >= 0.6 is 0 Å². The first-order valence-corrected chi connectivity index (χ1v) is 10.7. The number of amides is 2. The molecule has 1 atom stereocenters. The molecule has 4 rings (SSSR count). The van der Waals surface area contributed by atoms with Crippen molar-refractivity contribution in [3.63, 3.8) is 0 Å². The zero-order valence-corrected chi connectivity index (χ0v) is 17.3. The summed E-state index contributed by atoms with van der Waals surface area (Å²) in [5.74, 6) is 1.12. The van der Waals surface area contributed by atoms with Crippen molar-refractivity contribution in [3.8, 4) is 0 Å². The number of hydrogen-bond acceptors (Lipinski definition) is 4. The van der Waals surface area contributed by atoms with Crippen LogP contribution in [0.15, 0.2) is 30.6 Å². The second-order valence-corrected chi connectivity index (χ2v) is 8.35. The second-order valence-electron chi connectivity index (χ2n) is 8.35. The Balaban J connectivity index is 1.31. The minimum absolute atomic E-state index is 0.0800. The van der Waals surface area contributed by atoms with E-state index in [2.05, 4.69) is 10.2 Å². The third-order valence-electron chi connectivity index (χ3n) is 6.33. The Labute approximate surface area is 175 Å².